The number of hydrazine groups is 2. The van der Waals surface area contributed by atoms with Gasteiger partial charge in [0.05, 0.1) is 0 Å². The molecule has 0 radical (unpaired) electrons. The van der Waals surface area contributed by atoms with Crippen LogP contribution in [0.5, 0.6) is 0 Å². The second-order valence-electron chi connectivity index (χ2n) is 1.93. The Morgan fingerprint density at radius 3 is 2.90 bits per heavy atom. The highest BCUT2D eigenvalue weighted by Crippen LogP contribution is 2.00. The molecule has 0 aliphatic rings. The number of nitrogens with two attached hydrogens (primary N) is 1. The van der Waals surface area contributed by atoms with E-state index in [1.54, 1.807) is 0 Å². The van der Waals surface area contributed by atoms with Crippen LogP contribution < -0.4 is 16.8 Å². The second-order valence-corrected chi connectivity index (χ2v) is 1.93. The molecular formula is C6H10N4. The maximum atomic E-state index is 5.01. The van der Waals surface area contributed by atoms with E-state index in [1.807, 2.05) is 25.1 Å². The summed E-state index contributed by atoms with van der Waals surface area (Å²) in [4.78, 5) is 4.11. The molecule has 1 aromatic rings. The fourth-order valence-electron chi connectivity index (χ4n) is 0.687. The molecule has 4 heteroatoms. The lowest BCUT2D eigenvalue weighted by molar-refractivity contribution is 0.863. The van der Waals surface area contributed by atoms with Crippen LogP contribution in [0, 0.1) is 6.92 Å². The molecule has 0 spiro atoms. The van der Waals surface area contributed by atoms with Gasteiger partial charge in [0.1, 0.15) is 5.82 Å². The molecule has 0 bridgehead atoms. The Kier molecular flexibility index (Phi) is 2.20. The molecule has 0 atom stereocenters. The van der Waals surface area contributed by atoms with Gasteiger partial charge in [0.2, 0.25) is 0 Å². The topological polar surface area (TPSA) is 63.0 Å². The number of aryl methyl sites for hydroxylation is 1. The minimum absolute atomic E-state index is 0.725. The van der Waals surface area contributed by atoms with E-state index < -0.39 is 0 Å². The van der Waals surface area contributed by atoms with E-state index in [9.17, 15) is 0 Å². The van der Waals surface area contributed by atoms with Gasteiger partial charge in [-0.05, 0) is 19.1 Å². The van der Waals surface area contributed by atoms with E-state index >= 15 is 0 Å². The Balaban J connectivity index is 2.75. The number of anilines is 1. The standard InChI is InChI=1S/C6H10N4/c1-5-3-2-4-6(8-5)9-10-7/h2-4,10H,7H2,1H3,(H,8,9). The first-order valence-corrected chi connectivity index (χ1v) is 2.98. The predicted molar refractivity (Wildman–Crippen MR) is 39.9 cm³/mol. The summed E-state index contributed by atoms with van der Waals surface area (Å²) in [6.45, 7) is 1.92. The van der Waals surface area contributed by atoms with E-state index in [0.717, 1.165) is 11.5 Å². The van der Waals surface area contributed by atoms with Crippen LogP contribution in [0.25, 0.3) is 0 Å². The highest BCUT2D eigenvalue weighted by molar-refractivity contribution is 5.33. The fourth-order valence-corrected chi connectivity index (χ4v) is 0.687. The van der Waals surface area contributed by atoms with Crippen molar-refractivity contribution in [3.8, 4) is 0 Å². The monoisotopic (exact) mass is 138 g/mol. The van der Waals surface area contributed by atoms with Gasteiger partial charge < -0.3 is 0 Å². The van der Waals surface area contributed by atoms with E-state index in [2.05, 4.69) is 15.9 Å². The molecule has 1 heterocycles. The summed E-state index contributed by atoms with van der Waals surface area (Å²) < 4.78 is 0. The highest BCUT2D eigenvalue weighted by Gasteiger charge is 1.88. The van der Waals surface area contributed by atoms with Crippen LogP contribution in [0.15, 0.2) is 18.2 Å². The normalized spacial score (nSPS) is 9.40. The van der Waals surface area contributed by atoms with Gasteiger partial charge in [0.25, 0.3) is 0 Å². The minimum Gasteiger partial charge on any atom is -0.292 e. The quantitative estimate of drug-likeness (QED) is 0.403. The van der Waals surface area contributed by atoms with Gasteiger partial charge in [-0.15, -0.1) is 0 Å². The molecule has 0 saturated carbocycles. The van der Waals surface area contributed by atoms with Gasteiger partial charge in [-0.1, -0.05) is 6.07 Å². The van der Waals surface area contributed by atoms with Crippen LogP contribution in [-0.4, -0.2) is 4.98 Å². The Morgan fingerprint density at radius 1 is 1.50 bits per heavy atom. The zero-order valence-electron chi connectivity index (χ0n) is 5.76. The smallest absolute Gasteiger partial charge is 0.141 e. The van der Waals surface area contributed by atoms with E-state index in [0.29, 0.717) is 0 Å². The molecule has 4 N–H and O–H groups in total. The molecule has 1 aromatic heterocycles. The van der Waals surface area contributed by atoms with Crippen molar-refractivity contribution in [2.45, 2.75) is 6.92 Å². The zero-order chi connectivity index (χ0) is 7.40. The lowest BCUT2D eigenvalue weighted by Gasteiger charge is -2.01. The summed E-state index contributed by atoms with van der Waals surface area (Å²) in [5.41, 5.74) is 5.92. The molecule has 0 unspecified atom stereocenters. The van der Waals surface area contributed by atoms with Gasteiger partial charge >= 0.3 is 0 Å². The number of pyridine rings is 1. The molecule has 0 saturated heterocycles. The van der Waals surface area contributed by atoms with E-state index in [-0.39, 0.29) is 0 Å². The molecular weight excluding hydrogens is 128 g/mol. The average molecular weight is 138 g/mol. The first-order valence-electron chi connectivity index (χ1n) is 2.98. The number of nitrogens with one attached hydrogen (secondary N) is 2. The van der Waals surface area contributed by atoms with Gasteiger partial charge in [-0.2, -0.15) is 5.53 Å². The van der Waals surface area contributed by atoms with Crippen LogP contribution >= 0.6 is 0 Å². The number of hydrogen-bond acceptors (Lipinski definition) is 4. The van der Waals surface area contributed by atoms with E-state index in [1.165, 1.54) is 0 Å². The molecule has 0 aromatic carbocycles. The molecule has 0 aliphatic carbocycles. The SMILES string of the molecule is Cc1cccc(NNN)n1. The molecule has 0 fully saturated rings. The molecule has 0 amide bonds. The third-order valence-electron chi connectivity index (χ3n) is 1.09. The highest BCUT2D eigenvalue weighted by atomic mass is 15.5. The van der Waals surface area contributed by atoms with Crippen molar-refractivity contribution in [2.75, 3.05) is 5.43 Å². The van der Waals surface area contributed by atoms with Crippen molar-refractivity contribution in [3.05, 3.63) is 23.9 Å². The van der Waals surface area contributed by atoms with Gasteiger partial charge in [-0.25, -0.2) is 4.98 Å². The molecule has 1 rings (SSSR count). The summed E-state index contributed by atoms with van der Waals surface area (Å²) >= 11 is 0. The number of aromatic nitrogens is 1. The first kappa shape index (κ1) is 6.98. The number of nitrogens with zero attached hydrogens (tertiary/aromatic N) is 1. The molecule has 54 valence electrons. The van der Waals surface area contributed by atoms with Gasteiger partial charge in [0, 0.05) is 5.69 Å². The maximum absolute atomic E-state index is 5.01. The molecule has 0 aliphatic heterocycles. The third kappa shape index (κ3) is 1.68. The van der Waals surface area contributed by atoms with Crippen LogP contribution in [0.3, 0.4) is 0 Å². The van der Waals surface area contributed by atoms with Crippen molar-refractivity contribution in [1.29, 1.82) is 0 Å². The lowest BCUT2D eigenvalue weighted by Crippen LogP contribution is -2.29. The summed E-state index contributed by atoms with van der Waals surface area (Å²) in [5.74, 6) is 5.73. The molecule has 10 heavy (non-hydrogen) atoms. The Morgan fingerprint density at radius 2 is 2.30 bits per heavy atom. The Hall–Kier alpha value is -1.13. The third-order valence-corrected chi connectivity index (χ3v) is 1.09. The number of rotatable bonds is 2. The fraction of sp³-hybridized carbons (Fsp3) is 0.167. The van der Waals surface area contributed by atoms with Crippen molar-refractivity contribution >= 4 is 5.82 Å². The second kappa shape index (κ2) is 3.14. The van der Waals surface area contributed by atoms with Crippen molar-refractivity contribution < 1.29 is 0 Å². The molecule has 4 nitrogen and oxygen atoms in total. The van der Waals surface area contributed by atoms with Gasteiger partial charge in [-0.3, -0.25) is 11.3 Å². The summed E-state index contributed by atoms with van der Waals surface area (Å²) in [5, 5.41) is 0. The van der Waals surface area contributed by atoms with Crippen LogP contribution in [-0.2, 0) is 0 Å². The van der Waals surface area contributed by atoms with Crippen LogP contribution in [0.1, 0.15) is 5.69 Å². The Bertz CT molecular complexity index is 211. The predicted octanol–water partition coefficient (Wildman–Crippen LogP) is 0.180. The summed E-state index contributed by atoms with van der Waals surface area (Å²) in [6.07, 6.45) is 0. The van der Waals surface area contributed by atoms with Crippen molar-refractivity contribution in [3.63, 3.8) is 0 Å². The maximum Gasteiger partial charge on any atom is 0.141 e. The average Bonchev–Trinajstić information content (AvgIpc) is 1.88. The lowest BCUT2D eigenvalue weighted by atomic mass is 10.4. The first-order chi connectivity index (χ1) is 4.83. The Labute approximate surface area is 59.4 Å². The summed E-state index contributed by atoms with van der Waals surface area (Å²) in [6, 6.07) is 5.65. The summed E-state index contributed by atoms with van der Waals surface area (Å²) in [7, 11) is 0. The van der Waals surface area contributed by atoms with Crippen LogP contribution in [0.4, 0.5) is 5.82 Å². The number of hydrogen-bond donors (Lipinski definition) is 3. The van der Waals surface area contributed by atoms with Crippen LogP contribution in [0.2, 0.25) is 0 Å². The zero-order valence-corrected chi connectivity index (χ0v) is 5.76. The largest absolute Gasteiger partial charge is 0.292 e. The van der Waals surface area contributed by atoms with Gasteiger partial charge in [0.15, 0.2) is 0 Å². The van der Waals surface area contributed by atoms with Crippen molar-refractivity contribution in [2.24, 2.45) is 5.84 Å². The minimum atomic E-state index is 0.725. The van der Waals surface area contributed by atoms with E-state index in [4.69, 9.17) is 5.84 Å². The van der Waals surface area contributed by atoms with Crippen molar-refractivity contribution in [1.82, 2.24) is 10.5 Å².